The first-order valence-electron chi connectivity index (χ1n) is 6.71. The molecule has 1 saturated heterocycles. The van der Waals surface area contributed by atoms with Crippen LogP contribution >= 0.6 is 0 Å². The van der Waals surface area contributed by atoms with Crippen LogP contribution in [0.15, 0.2) is 60.7 Å². The highest BCUT2D eigenvalue weighted by atomic mass is 15.4. The average molecular weight is 253 g/mol. The predicted octanol–water partition coefficient (Wildman–Crippen LogP) is 2.25. The van der Waals surface area contributed by atoms with E-state index in [1.54, 1.807) is 0 Å². The highest BCUT2D eigenvalue weighted by Gasteiger charge is 2.31. The number of nitrogens with one attached hydrogen (secondary N) is 1. The van der Waals surface area contributed by atoms with Crippen molar-refractivity contribution in [3.63, 3.8) is 0 Å². The highest BCUT2D eigenvalue weighted by Crippen LogP contribution is 2.34. The zero-order valence-electron chi connectivity index (χ0n) is 10.9. The largest absolute Gasteiger partial charge is 0.307 e. The van der Waals surface area contributed by atoms with Gasteiger partial charge >= 0.3 is 0 Å². The van der Waals surface area contributed by atoms with Gasteiger partial charge in [0.2, 0.25) is 0 Å². The summed E-state index contributed by atoms with van der Waals surface area (Å²) in [6.07, 6.45) is 0. The zero-order chi connectivity index (χ0) is 13.1. The molecule has 2 unspecified atom stereocenters. The van der Waals surface area contributed by atoms with Crippen LogP contribution in [-0.2, 0) is 0 Å². The smallest absolute Gasteiger partial charge is 0.0686 e. The second-order valence-electron chi connectivity index (χ2n) is 4.94. The molecule has 3 heteroatoms. The molecule has 19 heavy (non-hydrogen) atoms. The highest BCUT2D eigenvalue weighted by molar-refractivity contribution is 5.28. The summed E-state index contributed by atoms with van der Waals surface area (Å²) >= 11 is 0. The molecule has 0 saturated carbocycles. The number of piperazine rings is 1. The molecule has 2 atom stereocenters. The Kier molecular flexibility index (Phi) is 3.60. The van der Waals surface area contributed by atoms with Gasteiger partial charge in [0.25, 0.3) is 0 Å². The van der Waals surface area contributed by atoms with Crippen molar-refractivity contribution < 1.29 is 0 Å². The molecule has 1 aliphatic heterocycles. The van der Waals surface area contributed by atoms with Crippen molar-refractivity contribution in [1.29, 1.82) is 0 Å². The van der Waals surface area contributed by atoms with Crippen molar-refractivity contribution in [2.45, 2.75) is 12.1 Å². The van der Waals surface area contributed by atoms with E-state index in [2.05, 4.69) is 53.8 Å². The zero-order valence-corrected chi connectivity index (χ0v) is 10.9. The fraction of sp³-hybridized carbons (Fsp3) is 0.250. The summed E-state index contributed by atoms with van der Waals surface area (Å²) in [5.74, 6) is 6.23. The molecule has 3 N–H and O–H groups in total. The lowest BCUT2D eigenvalue weighted by molar-refractivity contribution is 0.120. The molecule has 1 aliphatic rings. The molecule has 0 aliphatic carbocycles. The van der Waals surface area contributed by atoms with Gasteiger partial charge in [-0.3, -0.25) is 5.84 Å². The van der Waals surface area contributed by atoms with Crippen molar-refractivity contribution >= 4 is 0 Å². The average Bonchev–Trinajstić information content (AvgIpc) is 2.49. The van der Waals surface area contributed by atoms with E-state index in [9.17, 15) is 0 Å². The van der Waals surface area contributed by atoms with Gasteiger partial charge in [0, 0.05) is 13.1 Å². The first kappa shape index (κ1) is 12.4. The summed E-state index contributed by atoms with van der Waals surface area (Å²) in [6.45, 7) is 1.78. The Hall–Kier alpha value is -1.68. The predicted molar refractivity (Wildman–Crippen MR) is 77.3 cm³/mol. The van der Waals surface area contributed by atoms with Crippen molar-refractivity contribution in [2.75, 3.05) is 13.1 Å². The summed E-state index contributed by atoms with van der Waals surface area (Å²) in [5, 5.41) is 5.54. The van der Waals surface area contributed by atoms with Gasteiger partial charge in [-0.2, -0.15) is 0 Å². The van der Waals surface area contributed by atoms with Crippen LogP contribution in [0.5, 0.6) is 0 Å². The molecule has 0 bridgehead atoms. The molecule has 2 aromatic carbocycles. The van der Waals surface area contributed by atoms with Gasteiger partial charge in [0.05, 0.1) is 12.1 Å². The number of nitrogens with zero attached hydrogens (tertiary/aromatic N) is 1. The minimum Gasteiger partial charge on any atom is -0.307 e. The molecule has 3 rings (SSSR count). The number of hydrogen-bond donors (Lipinski definition) is 2. The standard InChI is InChI=1S/C16H19N3/c17-19-12-11-18-15(13-7-3-1-4-8-13)16(19)14-9-5-2-6-10-14/h1-10,15-16,18H,11-12,17H2. The number of hydrogen-bond acceptors (Lipinski definition) is 3. The maximum Gasteiger partial charge on any atom is 0.0686 e. The first-order valence-corrected chi connectivity index (χ1v) is 6.71. The second kappa shape index (κ2) is 5.53. The summed E-state index contributed by atoms with van der Waals surface area (Å²) < 4.78 is 0. The van der Waals surface area contributed by atoms with E-state index in [0.29, 0.717) is 0 Å². The lowest BCUT2D eigenvalue weighted by atomic mass is 9.91. The molecule has 1 heterocycles. The monoisotopic (exact) mass is 253 g/mol. The SMILES string of the molecule is NN1CCNC(c2ccccc2)C1c1ccccc1. The topological polar surface area (TPSA) is 41.3 Å². The molecule has 2 aromatic rings. The van der Waals surface area contributed by atoms with E-state index in [1.165, 1.54) is 11.1 Å². The van der Waals surface area contributed by atoms with Crippen molar-refractivity contribution in [1.82, 2.24) is 10.3 Å². The van der Waals surface area contributed by atoms with Gasteiger partial charge < -0.3 is 5.32 Å². The van der Waals surface area contributed by atoms with Crippen LogP contribution in [0, 0.1) is 0 Å². The summed E-state index contributed by atoms with van der Waals surface area (Å²) in [6, 6.07) is 21.4. The Morgan fingerprint density at radius 3 is 2.11 bits per heavy atom. The second-order valence-corrected chi connectivity index (χ2v) is 4.94. The molecular formula is C16H19N3. The minimum atomic E-state index is 0.178. The van der Waals surface area contributed by atoms with Gasteiger partial charge in [0.15, 0.2) is 0 Å². The maximum absolute atomic E-state index is 6.23. The molecule has 0 amide bonds. The molecule has 0 aromatic heterocycles. The number of hydrazine groups is 1. The van der Waals surface area contributed by atoms with Crippen LogP contribution in [0.2, 0.25) is 0 Å². The van der Waals surface area contributed by atoms with E-state index in [4.69, 9.17) is 5.84 Å². The fourth-order valence-electron chi connectivity index (χ4n) is 2.79. The van der Waals surface area contributed by atoms with Crippen molar-refractivity contribution in [3.8, 4) is 0 Å². The van der Waals surface area contributed by atoms with Crippen molar-refractivity contribution in [3.05, 3.63) is 71.8 Å². The minimum absolute atomic E-state index is 0.178. The van der Waals surface area contributed by atoms with Crippen LogP contribution in [0.25, 0.3) is 0 Å². The normalized spacial score (nSPS) is 24.3. The number of nitrogens with two attached hydrogens (primary N) is 1. The third-order valence-electron chi connectivity index (χ3n) is 3.71. The molecule has 1 fully saturated rings. The van der Waals surface area contributed by atoms with E-state index in [0.717, 1.165) is 13.1 Å². The van der Waals surface area contributed by atoms with Crippen LogP contribution < -0.4 is 11.2 Å². The van der Waals surface area contributed by atoms with E-state index < -0.39 is 0 Å². The third-order valence-corrected chi connectivity index (χ3v) is 3.71. The van der Waals surface area contributed by atoms with Crippen LogP contribution in [-0.4, -0.2) is 18.1 Å². The summed E-state index contributed by atoms with van der Waals surface area (Å²) in [7, 11) is 0. The Balaban J connectivity index is 1.97. The third kappa shape index (κ3) is 2.54. The first-order chi connectivity index (χ1) is 9.36. The van der Waals surface area contributed by atoms with Crippen LogP contribution in [0.4, 0.5) is 0 Å². The van der Waals surface area contributed by atoms with Gasteiger partial charge in [-0.05, 0) is 11.1 Å². The van der Waals surface area contributed by atoms with Gasteiger partial charge in [-0.15, -0.1) is 0 Å². The van der Waals surface area contributed by atoms with Gasteiger partial charge in [0.1, 0.15) is 0 Å². The molecule has 0 spiro atoms. The molecule has 98 valence electrons. The molecule has 3 nitrogen and oxygen atoms in total. The van der Waals surface area contributed by atoms with E-state index in [-0.39, 0.29) is 12.1 Å². The number of rotatable bonds is 2. The maximum atomic E-state index is 6.23. The Morgan fingerprint density at radius 1 is 0.895 bits per heavy atom. The Labute approximate surface area is 114 Å². The van der Waals surface area contributed by atoms with Gasteiger partial charge in [-0.1, -0.05) is 60.7 Å². The van der Waals surface area contributed by atoms with E-state index in [1.807, 2.05) is 17.1 Å². The Bertz CT molecular complexity index is 512. The Morgan fingerprint density at radius 2 is 1.47 bits per heavy atom. The van der Waals surface area contributed by atoms with E-state index >= 15 is 0 Å². The summed E-state index contributed by atoms with van der Waals surface area (Å²) in [5.41, 5.74) is 2.54. The lowest BCUT2D eigenvalue weighted by Crippen LogP contribution is -2.51. The van der Waals surface area contributed by atoms with Crippen LogP contribution in [0.3, 0.4) is 0 Å². The molecule has 0 radical (unpaired) electrons. The fourth-order valence-corrected chi connectivity index (χ4v) is 2.79. The van der Waals surface area contributed by atoms with Crippen LogP contribution in [0.1, 0.15) is 23.2 Å². The molecular weight excluding hydrogens is 234 g/mol. The van der Waals surface area contributed by atoms with Crippen molar-refractivity contribution in [2.24, 2.45) is 5.84 Å². The van der Waals surface area contributed by atoms with Gasteiger partial charge in [-0.25, -0.2) is 5.01 Å². The lowest BCUT2D eigenvalue weighted by Gasteiger charge is -2.40. The quantitative estimate of drug-likeness (QED) is 0.807. The number of benzene rings is 2. The summed E-state index contributed by atoms with van der Waals surface area (Å²) in [4.78, 5) is 0.